The molecule has 0 radical (unpaired) electrons. The van der Waals surface area contributed by atoms with E-state index in [1.165, 1.54) is 6.42 Å². The van der Waals surface area contributed by atoms with Gasteiger partial charge in [-0.3, -0.25) is 0 Å². The number of piperidine rings is 1. The van der Waals surface area contributed by atoms with E-state index < -0.39 is 5.51 Å². The Hall–Kier alpha value is 0.0600. The van der Waals surface area contributed by atoms with Crippen LogP contribution in [-0.2, 0) is 0 Å². The summed E-state index contributed by atoms with van der Waals surface area (Å²) in [6.45, 7) is 9.74. The van der Waals surface area contributed by atoms with Crippen molar-refractivity contribution in [2.24, 2.45) is 5.92 Å². The molecule has 1 rings (SSSR count). The smallest absolute Gasteiger partial charge is 0.312 e. The van der Waals surface area contributed by atoms with Crippen LogP contribution in [0.3, 0.4) is 0 Å². The number of hydrogen-bond donors (Lipinski definition) is 1. The summed E-state index contributed by atoms with van der Waals surface area (Å²) < 4.78 is 36.2. The van der Waals surface area contributed by atoms with Gasteiger partial charge in [-0.1, -0.05) is 0 Å². The highest BCUT2D eigenvalue weighted by molar-refractivity contribution is 8.00. The first-order valence-electron chi connectivity index (χ1n) is 6.84. The van der Waals surface area contributed by atoms with Gasteiger partial charge in [0.15, 0.2) is 0 Å². The predicted octanol–water partition coefficient (Wildman–Crippen LogP) is 3.34. The fourth-order valence-corrected chi connectivity index (χ4v) is 2.84. The molecule has 1 fully saturated rings. The second-order valence-electron chi connectivity index (χ2n) is 6.23. The minimum atomic E-state index is -4.09. The largest absolute Gasteiger partial charge is 0.441 e. The molecule has 1 aliphatic heterocycles. The number of nitrogens with one attached hydrogen (secondary N) is 1. The molecule has 0 bridgehead atoms. The predicted molar refractivity (Wildman–Crippen MR) is 75.4 cm³/mol. The van der Waals surface area contributed by atoms with Gasteiger partial charge in [0.2, 0.25) is 0 Å². The normalized spacial score (nSPS) is 22.7. The van der Waals surface area contributed by atoms with E-state index in [4.69, 9.17) is 0 Å². The molecule has 0 spiro atoms. The van der Waals surface area contributed by atoms with E-state index in [0.29, 0.717) is 12.5 Å². The van der Waals surface area contributed by atoms with Crippen LogP contribution in [0.4, 0.5) is 13.2 Å². The molecule has 0 aromatic heterocycles. The number of halogens is 3. The number of rotatable bonds is 5. The van der Waals surface area contributed by atoms with E-state index in [9.17, 15) is 13.2 Å². The van der Waals surface area contributed by atoms with Gasteiger partial charge in [0.25, 0.3) is 0 Å². The minimum Gasteiger partial charge on any atom is -0.312 e. The van der Waals surface area contributed by atoms with Gasteiger partial charge in [0.1, 0.15) is 0 Å². The van der Waals surface area contributed by atoms with Crippen molar-refractivity contribution in [3.05, 3.63) is 0 Å². The van der Waals surface area contributed by atoms with Crippen LogP contribution >= 0.6 is 11.8 Å². The highest BCUT2D eigenvalue weighted by atomic mass is 32.2. The van der Waals surface area contributed by atoms with Crippen molar-refractivity contribution in [1.82, 2.24) is 10.2 Å². The molecule has 1 heterocycles. The zero-order valence-electron chi connectivity index (χ0n) is 12.0. The van der Waals surface area contributed by atoms with Gasteiger partial charge in [0.05, 0.1) is 0 Å². The molecule has 0 aromatic rings. The van der Waals surface area contributed by atoms with Crippen LogP contribution in [0.2, 0.25) is 0 Å². The molecule has 0 amide bonds. The van der Waals surface area contributed by atoms with Gasteiger partial charge >= 0.3 is 5.51 Å². The quantitative estimate of drug-likeness (QED) is 0.838. The van der Waals surface area contributed by atoms with Crippen molar-refractivity contribution in [2.45, 2.75) is 44.7 Å². The van der Waals surface area contributed by atoms with Gasteiger partial charge in [-0.05, 0) is 64.4 Å². The van der Waals surface area contributed by atoms with E-state index in [-0.39, 0.29) is 23.1 Å². The zero-order valence-corrected chi connectivity index (χ0v) is 12.8. The third-order valence-electron chi connectivity index (χ3n) is 3.20. The Morgan fingerprint density at radius 2 is 1.95 bits per heavy atom. The Labute approximate surface area is 118 Å². The molecule has 6 heteroatoms. The maximum absolute atomic E-state index is 12.1. The van der Waals surface area contributed by atoms with Crippen molar-refractivity contribution in [1.29, 1.82) is 0 Å². The first kappa shape index (κ1) is 17.1. The van der Waals surface area contributed by atoms with Crippen LogP contribution < -0.4 is 5.32 Å². The SMILES string of the molecule is CC(C)(C)NCC1CCCN(CCSC(F)(F)F)C1. The van der Waals surface area contributed by atoms with Crippen molar-refractivity contribution < 1.29 is 13.2 Å². The molecule has 2 nitrogen and oxygen atoms in total. The van der Waals surface area contributed by atoms with Crippen LogP contribution in [0.15, 0.2) is 0 Å². The summed E-state index contributed by atoms with van der Waals surface area (Å²) in [4.78, 5) is 2.16. The Bertz CT molecular complexity index is 264. The van der Waals surface area contributed by atoms with Gasteiger partial charge in [-0.15, -0.1) is 0 Å². The molecular weight excluding hydrogens is 273 g/mol. The molecule has 114 valence electrons. The van der Waals surface area contributed by atoms with Crippen molar-refractivity contribution >= 4 is 11.8 Å². The zero-order chi connectivity index (χ0) is 14.5. The summed E-state index contributed by atoms with van der Waals surface area (Å²) >= 11 is 0.0888. The molecular formula is C13H25F3N2S. The summed E-state index contributed by atoms with van der Waals surface area (Å²) in [5, 5.41) is 3.48. The average Bonchev–Trinajstić information content (AvgIpc) is 2.24. The Morgan fingerprint density at radius 3 is 2.53 bits per heavy atom. The number of thioether (sulfide) groups is 1. The summed E-state index contributed by atoms with van der Waals surface area (Å²) in [7, 11) is 0. The molecule has 1 N–H and O–H groups in total. The maximum atomic E-state index is 12.1. The van der Waals surface area contributed by atoms with Gasteiger partial charge in [0, 0.05) is 24.4 Å². The molecule has 1 aliphatic rings. The number of alkyl halides is 3. The van der Waals surface area contributed by atoms with E-state index in [1.54, 1.807) is 0 Å². The fourth-order valence-electron chi connectivity index (χ4n) is 2.26. The Kier molecular flexibility index (Phi) is 6.47. The lowest BCUT2D eigenvalue weighted by molar-refractivity contribution is -0.0329. The van der Waals surface area contributed by atoms with Gasteiger partial charge in [-0.2, -0.15) is 13.2 Å². The minimum absolute atomic E-state index is 0.0888. The molecule has 1 saturated heterocycles. The number of nitrogens with zero attached hydrogens (tertiary/aromatic N) is 1. The topological polar surface area (TPSA) is 15.3 Å². The molecule has 19 heavy (non-hydrogen) atoms. The second kappa shape index (κ2) is 7.18. The lowest BCUT2D eigenvalue weighted by Gasteiger charge is -2.34. The van der Waals surface area contributed by atoms with Crippen LogP contribution in [0.5, 0.6) is 0 Å². The average molecular weight is 298 g/mol. The molecule has 1 unspecified atom stereocenters. The maximum Gasteiger partial charge on any atom is 0.441 e. The molecule has 0 saturated carbocycles. The van der Waals surface area contributed by atoms with Gasteiger partial charge < -0.3 is 10.2 Å². The lowest BCUT2D eigenvalue weighted by Crippen LogP contribution is -2.45. The van der Waals surface area contributed by atoms with Crippen molar-refractivity contribution in [2.75, 3.05) is 31.9 Å². The van der Waals surface area contributed by atoms with E-state index >= 15 is 0 Å². The third kappa shape index (κ3) is 8.76. The van der Waals surface area contributed by atoms with Crippen molar-refractivity contribution in [3.8, 4) is 0 Å². The monoisotopic (exact) mass is 298 g/mol. The highest BCUT2D eigenvalue weighted by Crippen LogP contribution is 2.30. The molecule has 0 aliphatic carbocycles. The van der Waals surface area contributed by atoms with E-state index in [0.717, 1.165) is 26.1 Å². The summed E-state index contributed by atoms with van der Waals surface area (Å²) in [6.07, 6.45) is 2.26. The van der Waals surface area contributed by atoms with Crippen LogP contribution in [-0.4, -0.2) is 47.9 Å². The first-order valence-corrected chi connectivity index (χ1v) is 7.82. The van der Waals surface area contributed by atoms with Crippen LogP contribution in [0.1, 0.15) is 33.6 Å². The van der Waals surface area contributed by atoms with E-state index in [2.05, 4.69) is 31.0 Å². The third-order valence-corrected chi connectivity index (χ3v) is 3.91. The Balaban J connectivity index is 2.22. The van der Waals surface area contributed by atoms with Crippen molar-refractivity contribution in [3.63, 3.8) is 0 Å². The Morgan fingerprint density at radius 1 is 1.26 bits per heavy atom. The van der Waals surface area contributed by atoms with Gasteiger partial charge in [-0.25, -0.2) is 0 Å². The van der Waals surface area contributed by atoms with Crippen LogP contribution in [0.25, 0.3) is 0 Å². The van der Waals surface area contributed by atoms with E-state index in [1.807, 2.05) is 0 Å². The molecule has 0 aromatic carbocycles. The number of likely N-dealkylation sites (tertiary alicyclic amines) is 1. The second-order valence-corrected chi connectivity index (χ2v) is 7.39. The summed E-state index contributed by atoms with van der Waals surface area (Å²) in [5.74, 6) is 0.701. The lowest BCUT2D eigenvalue weighted by atomic mass is 9.96. The summed E-state index contributed by atoms with van der Waals surface area (Å²) in [5.41, 5.74) is -3.99. The summed E-state index contributed by atoms with van der Waals surface area (Å²) in [6, 6.07) is 0. The molecule has 1 atom stereocenters. The standard InChI is InChI=1S/C13H25F3N2S/c1-12(2,3)17-9-11-5-4-6-18(10-11)7-8-19-13(14,15)16/h11,17H,4-10H2,1-3H3. The van der Waals surface area contributed by atoms with Crippen LogP contribution in [0, 0.1) is 5.92 Å². The fraction of sp³-hybridized carbons (Fsp3) is 1.00. The number of hydrogen-bond acceptors (Lipinski definition) is 3. The first-order chi connectivity index (χ1) is 8.66. The highest BCUT2D eigenvalue weighted by Gasteiger charge is 2.28.